The third-order valence-corrected chi connectivity index (χ3v) is 1.75. The van der Waals surface area contributed by atoms with E-state index in [1.807, 2.05) is 0 Å². The van der Waals surface area contributed by atoms with Gasteiger partial charge >= 0.3 is 5.97 Å². The molecule has 1 rings (SSSR count). The molecule has 0 aliphatic carbocycles. The largest absolute Gasteiger partial charge is 0.481 e. The molecule has 15 heavy (non-hydrogen) atoms. The fourth-order valence-corrected chi connectivity index (χ4v) is 0.941. The van der Waals surface area contributed by atoms with Crippen molar-refractivity contribution >= 4 is 11.7 Å². The van der Waals surface area contributed by atoms with E-state index in [-0.39, 0.29) is 0 Å². The minimum Gasteiger partial charge on any atom is -0.481 e. The smallest absolute Gasteiger partial charge is 0.332 e. The van der Waals surface area contributed by atoms with Crippen molar-refractivity contribution in [1.82, 2.24) is 4.98 Å². The van der Waals surface area contributed by atoms with Gasteiger partial charge in [0.2, 0.25) is 5.88 Å². The van der Waals surface area contributed by atoms with Gasteiger partial charge in [0, 0.05) is 29.6 Å². The standard InChI is InChI=1S/C10H12N2O3/c1-14-9-4-3-7(6-12-9)8(11)5-10(13)15-2/h3-6H,11H2,1-2H3/b8-5-. The second-order valence-corrected chi connectivity index (χ2v) is 2.71. The molecule has 1 aromatic heterocycles. The first-order chi connectivity index (χ1) is 7.17. The van der Waals surface area contributed by atoms with Gasteiger partial charge in [0.05, 0.1) is 14.2 Å². The van der Waals surface area contributed by atoms with Gasteiger partial charge in [-0.1, -0.05) is 0 Å². The molecule has 0 unspecified atom stereocenters. The van der Waals surface area contributed by atoms with Crippen LogP contribution in [0.4, 0.5) is 0 Å². The van der Waals surface area contributed by atoms with Crippen LogP contribution in [0.1, 0.15) is 5.56 Å². The minimum atomic E-state index is -0.497. The molecule has 0 fully saturated rings. The van der Waals surface area contributed by atoms with Crippen LogP contribution in [0.15, 0.2) is 24.4 Å². The molecule has 0 aromatic carbocycles. The van der Waals surface area contributed by atoms with Crippen LogP contribution >= 0.6 is 0 Å². The predicted molar refractivity (Wildman–Crippen MR) is 55.0 cm³/mol. The Hall–Kier alpha value is -2.04. The van der Waals surface area contributed by atoms with Crippen LogP contribution in [0.3, 0.4) is 0 Å². The van der Waals surface area contributed by atoms with Gasteiger partial charge in [-0.05, 0) is 6.07 Å². The van der Waals surface area contributed by atoms with Crippen molar-refractivity contribution in [1.29, 1.82) is 0 Å². The van der Waals surface area contributed by atoms with Crippen molar-refractivity contribution in [2.75, 3.05) is 14.2 Å². The number of ether oxygens (including phenoxy) is 2. The van der Waals surface area contributed by atoms with E-state index in [1.165, 1.54) is 26.5 Å². The lowest BCUT2D eigenvalue weighted by molar-refractivity contribution is -0.134. The van der Waals surface area contributed by atoms with Gasteiger partial charge in [0.15, 0.2) is 0 Å². The van der Waals surface area contributed by atoms with E-state index in [4.69, 9.17) is 10.5 Å². The normalized spacial score (nSPS) is 10.9. The Labute approximate surface area is 87.5 Å². The van der Waals surface area contributed by atoms with Crippen LogP contribution in [0.2, 0.25) is 0 Å². The number of hydrogen-bond acceptors (Lipinski definition) is 5. The summed E-state index contributed by atoms with van der Waals surface area (Å²) in [7, 11) is 2.81. The SMILES string of the molecule is COC(=O)/C=C(\N)c1ccc(OC)nc1. The zero-order valence-electron chi connectivity index (χ0n) is 8.56. The van der Waals surface area contributed by atoms with Gasteiger partial charge < -0.3 is 15.2 Å². The average Bonchev–Trinajstić information content (AvgIpc) is 2.29. The van der Waals surface area contributed by atoms with Crippen molar-refractivity contribution in [3.8, 4) is 5.88 Å². The quantitative estimate of drug-likeness (QED) is 0.580. The van der Waals surface area contributed by atoms with Crippen LogP contribution in [-0.4, -0.2) is 25.2 Å². The highest BCUT2D eigenvalue weighted by molar-refractivity contribution is 5.90. The zero-order chi connectivity index (χ0) is 11.3. The van der Waals surface area contributed by atoms with E-state index >= 15 is 0 Å². The highest BCUT2D eigenvalue weighted by Gasteiger charge is 2.01. The number of carbonyl (C=O) groups is 1. The second kappa shape index (κ2) is 4.99. The maximum absolute atomic E-state index is 10.9. The van der Waals surface area contributed by atoms with E-state index in [0.29, 0.717) is 17.1 Å². The molecule has 0 saturated heterocycles. The van der Waals surface area contributed by atoms with Crippen molar-refractivity contribution < 1.29 is 14.3 Å². The van der Waals surface area contributed by atoms with Gasteiger partial charge in [0.25, 0.3) is 0 Å². The summed E-state index contributed by atoms with van der Waals surface area (Å²) in [4.78, 5) is 14.9. The topological polar surface area (TPSA) is 74.4 Å². The van der Waals surface area contributed by atoms with Crippen LogP contribution in [0.5, 0.6) is 5.88 Å². The molecule has 0 bridgehead atoms. The number of pyridine rings is 1. The number of methoxy groups -OCH3 is 2. The predicted octanol–water partition coefficient (Wildman–Crippen LogP) is 0.563. The highest BCUT2D eigenvalue weighted by Crippen LogP contribution is 2.11. The summed E-state index contributed by atoms with van der Waals surface area (Å²) in [6.45, 7) is 0. The Bertz CT molecular complexity index is 371. The van der Waals surface area contributed by atoms with Gasteiger partial charge in [-0.15, -0.1) is 0 Å². The first-order valence-corrected chi connectivity index (χ1v) is 4.23. The van der Waals surface area contributed by atoms with Gasteiger partial charge in [-0.25, -0.2) is 9.78 Å². The average molecular weight is 208 g/mol. The molecule has 0 aliphatic rings. The first kappa shape index (κ1) is 11.0. The third kappa shape index (κ3) is 2.98. The van der Waals surface area contributed by atoms with E-state index in [2.05, 4.69) is 9.72 Å². The molecule has 0 spiro atoms. The maximum atomic E-state index is 10.9. The lowest BCUT2D eigenvalue weighted by atomic mass is 10.2. The fraction of sp³-hybridized carbons (Fsp3) is 0.200. The van der Waals surface area contributed by atoms with Crippen molar-refractivity contribution in [2.24, 2.45) is 5.73 Å². The fourth-order valence-electron chi connectivity index (χ4n) is 0.941. The molecule has 1 aromatic rings. The van der Waals surface area contributed by atoms with Crippen molar-refractivity contribution in [3.05, 3.63) is 30.0 Å². The number of nitrogens with zero attached hydrogens (tertiary/aromatic N) is 1. The molecule has 1 heterocycles. The van der Waals surface area contributed by atoms with E-state index < -0.39 is 5.97 Å². The summed E-state index contributed by atoms with van der Waals surface area (Å²) in [6, 6.07) is 3.37. The molecule has 0 saturated carbocycles. The van der Waals surface area contributed by atoms with Crippen LogP contribution < -0.4 is 10.5 Å². The minimum absolute atomic E-state index is 0.303. The monoisotopic (exact) mass is 208 g/mol. The number of carbonyl (C=O) groups excluding carboxylic acids is 1. The summed E-state index contributed by atoms with van der Waals surface area (Å²) in [6.07, 6.45) is 2.72. The Morgan fingerprint density at radius 3 is 2.67 bits per heavy atom. The molecule has 5 heteroatoms. The number of hydrogen-bond donors (Lipinski definition) is 1. The molecule has 0 radical (unpaired) electrons. The molecule has 5 nitrogen and oxygen atoms in total. The molecular formula is C10H12N2O3. The third-order valence-electron chi connectivity index (χ3n) is 1.75. The van der Waals surface area contributed by atoms with Crippen LogP contribution in [0, 0.1) is 0 Å². The Balaban J connectivity index is 2.87. The zero-order valence-corrected chi connectivity index (χ0v) is 8.56. The van der Waals surface area contributed by atoms with Crippen molar-refractivity contribution in [3.63, 3.8) is 0 Å². The molecule has 2 N–H and O–H groups in total. The maximum Gasteiger partial charge on any atom is 0.332 e. The molecule has 0 atom stereocenters. The van der Waals surface area contributed by atoms with E-state index in [1.54, 1.807) is 12.1 Å². The Morgan fingerprint density at radius 1 is 1.47 bits per heavy atom. The summed E-state index contributed by atoms with van der Waals surface area (Å²) in [5.41, 5.74) is 6.59. The first-order valence-electron chi connectivity index (χ1n) is 4.23. The summed E-state index contributed by atoms with van der Waals surface area (Å²) < 4.78 is 9.33. The van der Waals surface area contributed by atoms with Crippen molar-refractivity contribution in [2.45, 2.75) is 0 Å². The number of nitrogens with two attached hydrogens (primary N) is 1. The van der Waals surface area contributed by atoms with Gasteiger partial charge in [0.1, 0.15) is 0 Å². The second-order valence-electron chi connectivity index (χ2n) is 2.71. The molecule has 0 aliphatic heterocycles. The summed E-state index contributed by atoms with van der Waals surface area (Å²) >= 11 is 0. The lowest BCUT2D eigenvalue weighted by Gasteiger charge is -2.02. The number of aromatic nitrogens is 1. The number of esters is 1. The summed E-state index contributed by atoms with van der Waals surface area (Å²) in [5, 5.41) is 0. The molecular weight excluding hydrogens is 196 g/mol. The highest BCUT2D eigenvalue weighted by atomic mass is 16.5. The van der Waals surface area contributed by atoms with Gasteiger partial charge in [-0.3, -0.25) is 0 Å². The Kier molecular flexibility index (Phi) is 3.68. The number of rotatable bonds is 3. The molecule has 0 amide bonds. The van der Waals surface area contributed by atoms with Gasteiger partial charge in [-0.2, -0.15) is 0 Å². The van der Waals surface area contributed by atoms with E-state index in [9.17, 15) is 4.79 Å². The summed E-state index contributed by atoms with van der Waals surface area (Å²) in [5.74, 6) is -0.00654. The van der Waals surface area contributed by atoms with Crippen LogP contribution in [-0.2, 0) is 9.53 Å². The van der Waals surface area contributed by atoms with E-state index in [0.717, 1.165) is 0 Å². The Morgan fingerprint density at radius 2 is 2.20 bits per heavy atom. The molecule has 80 valence electrons. The lowest BCUT2D eigenvalue weighted by Crippen LogP contribution is -2.03. The van der Waals surface area contributed by atoms with Crippen LogP contribution in [0.25, 0.3) is 5.70 Å².